The first-order valence-electron chi connectivity index (χ1n) is 6.92. The van der Waals surface area contributed by atoms with Crippen LogP contribution in [0.1, 0.15) is 16.7 Å². The van der Waals surface area contributed by atoms with Gasteiger partial charge < -0.3 is 5.32 Å². The number of rotatable bonds is 4. The molecule has 0 bridgehead atoms. The maximum absolute atomic E-state index is 12.2. The van der Waals surface area contributed by atoms with Crippen LogP contribution in [0.15, 0.2) is 47.4 Å². The molecule has 1 amide bonds. The molecular weight excluding hydrogens is 298 g/mol. The number of anilines is 1. The normalized spacial score (nSPS) is 11.2. The molecule has 2 rings (SSSR count). The first-order valence-corrected chi connectivity index (χ1v) is 8.81. The van der Waals surface area contributed by atoms with Crippen molar-refractivity contribution >= 4 is 21.4 Å². The summed E-state index contributed by atoms with van der Waals surface area (Å²) in [4.78, 5) is 12.4. The minimum absolute atomic E-state index is 0.0244. The summed E-state index contributed by atoms with van der Waals surface area (Å²) in [5.74, 6) is -0.233. The van der Waals surface area contributed by atoms with Crippen molar-refractivity contribution in [1.82, 2.24) is 0 Å². The summed E-state index contributed by atoms with van der Waals surface area (Å²) in [6.45, 7) is 3.91. The van der Waals surface area contributed by atoms with Gasteiger partial charge in [-0.2, -0.15) is 0 Å². The molecule has 0 radical (unpaired) electrons. The highest BCUT2D eigenvalue weighted by Crippen LogP contribution is 2.19. The van der Waals surface area contributed by atoms with Crippen molar-refractivity contribution in [3.8, 4) is 0 Å². The number of hydrogen-bond donors (Lipinski definition) is 1. The molecule has 0 fully saturated rings. The average Bonchev–Trinajstić information content (AvgIpc) is 2.41. The molecule has 116 valence electrons. The monoisotopic (exact) mass is 317 g/mol. The minimum Gasteiger partial charge on any atom is -0.326 e. The van der Waals surface area contributed by atoms with Crippen LogP contribution in [0.4, 0.5) is 5.69 Å². The second-order valence-corrected chi connectivity index (χ2v) is 7.41. The molecule has 0 aliphatic heterocycles. The third-order valence-electron chi connectivity index (χ3n) is 3.38. The molecule has 0 heterocycles. The lowest BCUT2D eigenvalue weighted by molar-refractivity contribution is -0.115. The van der Waals surface area contributed by atoms with E-state index < -0.39 is 9.84 Å². The van der Waals surface area contributed by atoms with E-state index in [1.54, 1.807) is 18.2 Å². The smallest absolute Gasteiger partial charge is 0.228 e. The van der Waals surface area contributed by atoms with E-state index >= 15 is 0 Å². The molecule has 1 N–H and O–H groups in total. The third-order valence-corrected chi connectivity index (χ3v) is 4.58. The molecule has 0 aliphatic carbocycles. The molecule has 2 aromatic carbocycles. The van der Waals surface area contributed by atoms with Crippen LogP contribution in [-0.4, -0.2) is 20.6 Å². The fraction of sp³-hybridized carbons (Fsp3) is 0.235. The Morgan fingerprint density at radius 3 is 2.41 bits per heavy atom. The Bertz CT molecular complexity index is 810. The van der Waals surface area contributed by atoms with Crippen LogP contribution in [0.2, 0.25) is 0 Å². The van der Waals surface area contributed by atoms with Crippen molar-refractivity contribution < 1.29 is 13.2 Å². The van der Waals surface area contributed by atoms with Crippen molar-refractivity contribution in [1.29, 1.82) is 0 Å². The van der Waals surface area contributed by atoms with Gasteiger partial charge in [0, 0.05) is 11.9 Å². The zero-order valence-electron chi connectivity index (χ0n) is 12.9. The Balaban J connectivity index is 2.20. The van der Waals surface area contributed by atoms with Crippen LogP contribution in [0.3, 0.4) is 0 Å². The maximum Gasteiger partial charge on any atom is 0.228 e. The number of aryl methyl sites for hydroxylation is 2. The second kappa shape index (κ2) is 6.32. The molecule has 22 heavy (non-hydrogen) atoms. The molecule has 0 aromatic heterocycles. The first-order chi connectivity index (χ1) is 10.3. The molecule has 4 nitrogen and oxygen atoms in total. The molecular formula is C17H19NO3S. The van der Waals surface area contributed by atoms with Gasteiger partial charge in [0.2, 0.25) is 5.91 Å². The van der Waals surface area contributed by atoms with E-state index in [0.717, 1.165) is 23.1 Å². The van der Waals surface area contributed by atoms with Crippen molar-refractivity contribution in [2.75, 3.05) is 11.6 Å². The van der Waals surface area contributed by atoms with Crippen LogP contribution >= 0.6 is 0 Å². The van der Waals surface area contributed by atoms with E-state index in [0.29, 0.717) is 5.56 Å². The molecule has 5 heteroatoms. The van der Waals surface area contributed by atoms with E-state index in [4.69, 9.17) is 0 Å². The number of carbonyl (C=O) groups is 1. The molecule has 0 saturated heterocycles. The zero-order chi connectivity index (χ0) is 16.3. The molecule has 0 atom stereocenters. The summed E-state index contributed by atoms with van der Waals surface area (Å²) >= 11 is 0. The van der Waals surface area contributed by atoms with Crippen LogP contribution in [-0.2, 0) is 21.1 Å². The summed E-state index contributed by atoms with van der Waals surface area (Å²) in [6.07, 6.45) is 1.17. The molecule has 0 spiro atoms. The summed E-state index contributed by atoms with van der Waals surface area (Å²) in [6, 6.07) is 12.3. The Hall–Kier alpha value is -2.14. The van der Waals surface area contributed by atoms with E-state index in [9.17, 15) is 13.2 Å². The van der Waals surface area contributed by atoms with Gasteiger partial charge in [0.15, 0.2) is 9.84 Å². The van der Waals surface area contributed by atoms with Gasteiger partial charge >= 0.3 is 0 Å². The van der Waals surface area contributed by atoms with E-state index in [2.05, 4.69) is 5.32 Å². The van der Waals surface area contributed by atoms with E-state index in [1.165, 1.54) is 6.07 Å². The largest absolute Gasteiger partial charge is 0.326 e. The standard InChI is InChI=1S/C17H19NO3S/c1-12-8-9-15(13(2)10-12)18-17(19)11-14-6-4-5-7-16(14)22(3,20)21/h4-10H,11H2,1-3H3,(H,18,19). The highest BCUT2D eigenvalue weighted by molar-refractivity contribution is 7.90. The Morgan fingerprint density at radius 2 is 1.77 bits per heavy atom. The predicted molar refractivity (Wildman–Crippen MR) is 87.8 cm³/mol. The van der Waals surface area contributed by atoms with Crippen molar-refractivity contribution in [2.45, 2.75) is 25.2 Å². The maximum atomic E-state index is 12.2. The number of amides is 1. The third kappa shape index (κ3) is 3.95. The van der Waals surface area contributed by atoms with E-state index in [1.807, 2.05) is 32.0 Å². The van der Waals surface area contributed by atoms with Crippen molar-refractivity contribution in [3.05, 3.63) is 59.2 Å². The Kier molecular flexibility index (Phi) is 4.66. The van der Waals surface area contributed by atoms with Crippen LogP contribution in [0, 0.1) is 13.8 Å². The number of carbonyl (C=O) groups excluding carboxylic acids is 1. The van der Waals surface area contributed by atoms with Gasteiger partial charge in [-0.25, -0.2) is 8.42 Å². The van der Waals surface area contributed by atoms with Crippen LogP contribution < -0.4 is 5.32 Å². The van der Waals surface area contributed by atoms with Crippen LogP contribution in [0.25, 0.3) is 0 Å². The molecule has 0 unspecified atom stereocenters. The summed E-state index contributed by atoms with van der Waals surface area (Å²) < 4.78 is 23.5. The van der Waals surface area contributed by atoms with Gasteiger partial charge in [0.05, 0.1) is 11.3 Å². The van der Waals surface area contributed by atoms with Gasteiger partial charge in [-0.3, -0.25) is 4.79 Å². The average molecular weight is 317 g/mol. The minimum atomic E-state index is -3.35. The molecule has 0 aliphatic rings. The first kappa shape index (κ1) is 16.2. The van der Waals surface area contributed by atoms with E-state index in [-0.39, 0.29) is 17.2 Å². The Labute approximate surface area is 131 Å². The topological polar surface area (TPSA) is 63.2 Å². The lowest BCUT2D eigenvalue weighted by Gasteiger charge is -2.11. The molecule has 0 saturated carbocycles. The highest BCUT2D eigenvalue weighted by Gasteiger charge is 2.15. The summed E-state index contributed by atoms with van der Waals surface area (Å²) in [7, 11) is -3.35. The quantitative estimate of drug-likeness (QED) is 0.943. The zero-order valence-corrected chi connectivity index (χ0v) is 13.7. The number of hydrogen-bond acceptors (Lipinski definition) is 3. The fourth-order valence-corrected chi connectivity index (χ4v) is 3.28. The predicted octanol–water partition coefficient (Wildman–Crippen LogP) is 2.89. The number of nitrogens with one attached hydrogen (secondary N) is 1. The van der Waals surface area contributed by atoms with Gasteiger partial charge in [-0.15, -0.1) is 0 Å². The lowest BCUT2D eigenvalue weighted by Crippen LogP contribution is -2.17. The SMILES string of the molecule is Cc1ccc(NC(=O)Cc2ccccc2S(C)(=O)=O)c(C)c1. The Morgan fingerprint density at radius 1 is 1.09 bits per heavy atom. The van der Waals surface area contributed by atoms with Gasteiger partial charge in [0.1, 0.15) is 0 Å². The second-order valence-electron chi connectivity index (χ2n) is 5.42. The lowest BCUT2D eigenvalue weighted by atomic mass is 10.1. The fourth-order valence-electron chi connectivity index (χ4n) is 2.33. The van der Waals surface area contributed by atoms with Crippen molar-refractivity contribution in [2.24, 2.45) is 0 Å². The van der Waals surface area contributed by atoms with Crippen molar-refractivity contribution in [3.63, 3.8) is 0 Å². The van der Waals surface area contributed by atoms with Gasteiger partial charge in [0.25, 0.3) is 0 Å². The highest BCUT2D eigenvalue weighted by atomic mass is 32.2. The van der Waals surface area contributed by atoms with Gasteiger partial charge in [-0.1, -0.05) is 35.9 Å². The molecule has 2 aromatic rings. The van der Waals surface area contributed by atoms with Crippen LogP contribution in [0.5, 0.6) is 0 Å². The van der Waals surface area contributed by atoms with Gasteiger partial charge in [-0.05, 0) is 37.1 Å². The summed E-state index contributed by atoms with van der Waals surface area (Å²) in [5, 5.41) is 2.83. The number of sulfone groups is 1. The summed E-state index contributed by atoms with van der Waals surface area (Å²) in [5.41, 5.74) is 3.35. The number of benzene rings is 2.